The highest BCUT2D eigenvalue weighted by molar-refractivity contribution is 5.68. The van der Waals surface area contributed by atoms with Gasteiger partial charge in [-0.3, -0.25) is 0 Å². The molecule has 0 unspecified atom stereocenters. The van der Waals surface area contributed by atoms with E-state index in [0.29, 0.717) is 6.67 Å². The summed E-state index contributed by atoms with van der Waals surface area (Å²) in [5, 5.41) is 7.10. The molecule has 0 aliphatic rings. The fraction of sp³-hybridized carbons (Fsp3) is 0.176. The van der Waals surface area contributed by atoms with Crippen LogP contribution >= 0.6 is 0 Å². The van der Waals surface area contributed by atoms with Gasteiger partial charge in [0, 0.05) is 6.20 Å². The van der Waals surface area contributed by atoms with Gasteiger partial charge in [0.05, 0.1) is 12.9 Å². The number of nitrogens with two attached hydrogens (primary N) is 1. The van der Waals surface area contributed by atoms with Crippen LogP contribution in [0.5, 0.6) is 0 Å². The van der Waals surface area contributed by atoms with Crippen LogP contribution < -0.4 is 5.73 Å². The summed E-state index contributed by atoms with van der Waals surface area (Å²) in [7, 11) is 0. The van der Waals surface area contributed by atoms with Gasteiger partial charge in [0.1, 0.15) is 0 Å². The highest BCUT2D eigenvalue weighted by atomic mass is 15.4. The maximum Gasteiger partial charge on any atom is 0.0896 e. The lowest BCUT2D eigenvalue weighted by Gasteiger charge is -2.07. The molecule has 0 bridgehead atoms. The molecule has 1 aromatic heterocycles. The van der Waals surface area contributed by atoms with Crippen LogP contribution in [-0.4, -0.2) is 15.0 Å². The van der Waals surface area contributed by atoms with Crippen LogP contribution in [0, 0.1) is 13.8 Å². The van der Waals surface area contributed by atoms with Crippen molar-refractivity contribution in [1.29, 1.82) is 0 Å². The number of aryl methyl sites for hydroxylation is 1. The number of nitrogens with zero attached hydrogens (tertiary/aromatic N) is 3. The number of aromatic nitrogens is 3. The molecule has 2 aromatic carbocycles. The zero-order chi connectivity index (χ0) is 15.1. The van der Waals surface area contributed by atoms with Gasteiger partial charge in [0.15, 0.2) is 0 Å². The van der Waals surface area contributed by atoms with Crippen molar-refractivity contribution in [3.8, 4) is 11.1 Å². The first kappa shape index (κ1) is 14.9. The summed E-state index contributed by atoms with van der Waals surface area (Å²) in [5.74, 6) is 0. The molecular formula is C17H20N4. The summed E-state index contributed by atoms with van der Waals surface area (Å²) < 4.78 is 1.54. The lowest BCUT2D eigenvalue weighted by atomic mass is 9.97. The fourth-order valence-electron chi connectivity index (χ4n) is 2.01. The molecule has 0 spiro atoms. The summed E-state index contributed by atoms with van der Waals surface area (Å²) in [4.78, 5) is 0. The molecule has 3 rings (SSSR count). The topological polar surface area (TPSA) is 56.7 Å². The van der Waals surface area contributed by atoms with Crippen LogP contribution in [0.1, 0.15) is 11.1 Å². The molecule has 0 amide bonds. The third kappa shape index (κ3) is 4.00. The monoisotopic (exact) mass is 280 g/mol. The Morgan fingerprint density at radius 1 is 1.00 bits per heavy atom. The van der Waals surface area contributed by atoms with Crippen molar-refractivity contribution in [2.45, 2.75) is 20.5 Å². The van der Waals surface area contributed by atoms with Gasteiger partial charge in [-0.05, 0) is 36.1 Å². The van der Waals surface area contributed by atoms with E-state index in [2.05, 4.69) is 72.7 Å². The van der Waals surface area contributed by atoms with E-state index in [1.807, 2.05) is 0 Å². The second-order valence-electron chi connectivity index (χ2n) is 4.74. The molecule has 21 heavy (non-hydrogen) atoms. The zero-order valence-corrected chi connectivity index (χ0v) is 12.4. The van der Waals surface area contributed by atoms with Crippen molar-refractivity contribution in [3.63, 3.8) is 0 Å². The van der Waals surface area contributed by atoms with Crippen LogP contribution in [0.3, 0.4) is 0 Å². The molecule has 0 aliphatic heterocycles. The molecule has 4 nitrogen and oxygen atoms in total. The molecule has 4 heteroatoms. The molecule has 0 aliphatic carbocycles. The standard InChI is InChI=1S/C14H14.C3H6N4/c1-11-7-6-10-14(12(11)2)13-8-4-3-5-9-13;4-3-7-2-1-5-6-7/h3-10H,1-2H3;1-2H,3-4H2. The average Bonchev–Trinajstić information content (AvgIpc) is 3.05. The van der Waals surface area contributed by atoms with E-state index < -0.39 is 0 Å². The lowest BCUT2D eigenvalue weighted by Crippen LogP contribution is -2.06. The van der Waals surface area contributed by atoms with Gasteiger partial charge in [-0.1, -0.05) is 53.7 Å². The van der Waals surface area contributed by atoms with Crippen molar-refractivity contribution >= 4 is 0 Å². The lowest BCUT2D eigenvalue weighted by molar-refractivity contribution is 0.608. The Morgan fingerprint density at radius 2 is 1.76 bits per heavy atom. The highest BCUT2D eigenvalue weighted by Crippen LogP contribution is 2.24. The Hall–Kier alpha value is -2.46. The van der Waals surface area contributed by atoms with E-state index in [1.165, 1.54) is 22.3 Å². The molecule has 0 atom stereocenters. The van der Waals surface area contributed by atoms with Gasteiger partial charge in [-0.2, -0.15) is 0 Å². The number of benzene rings is 2. The van der Waals surface area contributed by atoms with Crippen molar-refractivity contribution in [1.82, 2.24) is 15.0 Å². The molecule has 1 heterocycles. The minimum Gasteiger partial charge on any atom is -0.312 e. The Bertz CT molecular complexity index is 661. The fourth-order valence-corrected chi connectivity index (χ4v) is 2.01. The third-order valence-electron chi connectivity index (χ3n) is 3.35. The maximum atomic E-state index is 5.15. The smallest absolute Gasteiger partial charge is 0.0896 e. The minimum atomic E-state index is 0.403. The quantitative estimate of drug-likeness (QED) is 0.784. The van der Waals surface area contributed by atoms with Crippen LogP contribution in [0.4, 0.5) is 0 Å². The summed E-state index contributed by atoms with van der Waals surface area (Å²) in [5.41, 5.74) is 10.5. The molecule has 0 saturated heterocycles. The molecule has 3 aromatic rings. The van der Waals surface area contributed by atoms with Gasteiger partial charge in [0.25, 0.3) is 0 Å². The molecule has 0 fully saturated rings. The minimum absolute atomic E-state index is 0.403. The summed E-state index contributed by atoms with van der Waals surface area (Å²) in [6, 6.07) is 17.0. The van der Waals surface area contributed by atoms with Crippen molar-refractivity contribution in [3.05, 3.63) is 72.1 Å². The molecular weight excluding hydrogens is 260 g/mol. The molecule has 0 saturated carbocycles. The zero-order valence-electron chi connectivity index (χ0n) is 12.4. The van der Waals surface area contributed by atoms with Crippen molar-refractivity contribution < 1.29 is 0 Å². The summed E-state index contributed by atoms with van der Waals surface area (Å²) >= 11 is 0. The Kier molecular flexibility index (Phi) is 5.23. The van der Waals surface area contributed by atoms with E-state index >= 15 is 0 Å². The first-order valence-corrected chi connectivity index (χ1v) is 6.88. The normalized spacial score (nSPS) is 9.86. The SMILES string of the molecule is Cc1cccc(-c2ccccc2)c1C.NCn1ccnn1. The third-order valence-corrected chi connectivity index (χ3v) is 3.35. The molecule has 108 valence electrons. The van der Waals surface area contributed by atoms with Crippen molar-refractivity contribution in [2.24, 2.45) is 5.73 Å². The number of hydrogen-bond donors (Lipinski definition) is 1. The maximum absolute atomic E-state index is 5.15. The second-order valence-corrected chi connectivity index (χ2v) is 4.74. The van der Waals surface area contributed by atoms with Crippen molar-refractivity contribution in [2.75, 3.05) is 0 Å². The molecule has 2 N–H and O–H groups in total. The molecule has 0 radical (unpaired) electrons. The van der Waals surface area contributed by atoms with E-state index in [1.54, 1.807) is 17.1 Å². The van der Waals surface area contributed by atoms with E-state index in [4.69, 9.17) is 5.73 Å². The Labute approximate surface area is 125 Å². The van der Waals surface area contributed by atoms with Gasteiger partial charge < -0.3 is 5.73 Å². The van der Waals surface area contributed by atoms with E-state index in [9.17, 15) is 0 Å². The Balaban J connectivity index is 0.000000194. The number of rotatable bonds is 2. The second kappa shape index (κ2) is 7.36. The Morgan fingerprint density at radius 3 is 2.33 bits per heavy atom. The predicted molar refractivity (Wildman–Crippen MR) is 85.6 cm³/mol. The van der Waals surface area contributed by atoms with E-state index in [-0.39, 0.29) is 0 Å². The summed E-state index contributed by atoms with van der Waals surface area (Å²) in [6.45, 7) is 4.74. The predicted octanol–water partition coefficient (Wildman–Crippen LogP) is 3.16. The van der Waals surface area contributed by atoms with Gasteiger partial charge in [0.2, 0.25) is 0 Å². The summed E-state index contributed by atoms with van der Waals surface area (Å²) in [6.07, 6.45) is 3.30. The largest absolute Gasteiger partial charge is 0.312 e. The highest BCUT2D eigenvalue weighted by Gasteiger charge is 2.01. The number of hydrogen-bond acceptors (Lipinski definition) is 3. The van der Waals surface area contributed by atoms with Gasteiger partial charge in [-0.25, -0.2) is 4.68 Å². The van der Waals surface area contributed by atoms with Gasteiger partial charge in [-0.15, -0.1) is 5.10 Å². The van der Waals surface area contributed by atoms with Gasteiger partial charge >= 0.3 is 0 Å². The van der Waals surface area contributed by atoms with Crippen LogP contribution in [0.25, 0.3) is 11.1 Å². The first-order chi connectivity index (χ1) is 10.2. The first-order valence-electron chi connectivity index (χ1n) is 6.88. The van der Waals surface area contributed by atoms with Crippen LogP contribution in [0.2, 0.25) is 0 Å². The van der Waals surface area contributed by atoms with Crippen LogP contribution in [-0.2, 0) is 6.67 Å². The van der Waals surface area contributed by atoms with Crippen LogP contribution in [0.15, 0.2) is 60.9 Å². The average molecular weight is 280 g/mol. The van der Waals surface area contributed by atoms with E-state index in [0.717, 1.165) is 0 Å².